The van der Waals surface area contributed by atoms with E-state index in [9.17, 15) is 4.39 Å². The molecule has 4 aromatic rings. The highest BCUT2D eigenvalue weighted by atomic mass is 32.1. The van der Waals surface area contributed by atoms with Gasteiger partial charge in [-0.25, -0.2) is 4.39 Å². The van der Waals surface area contributed by atoms with Gasteiger partial charge in [-0.3, -0.25) is 4.98 Å². The van der Waals surface area contributed by atoms with Gasteiger partial charge in [-0.2, -0.15) is 0 Å². The highest BCUT2D eigenvalue weighted by Crippen LogP contribution is 2.44. The molecule has 0 amide bonds. The molecular formula is C25H19FN4O2S. The fraction of sp³-hybridized carbons (Fsp3) is 0.120. The first-order chi connectivity index (χ1) is 16.2. The van der Waals surface area contributed by atoms with Gasteiger partial charge in [0, 0.05) is 35.5 Å². The summed E-state index contributed by atoms with van der Waals surface area (Å²) in [5.74, 6) is 1.12. The van der Waals surface area contributed by atoms with E-state index in [0.717, 1.165) is 22.8 Å². The second-order valence-corrected chi connectivity index (χ2v) is 8.20. The second-order valence-electron chi connectivity index (χ2n) is 7.81. The van der Waals surface area contributed by atoms with Gasteiger partial charge in [0.15, 0.2) is 16.6 Å². The molecule has 6 nitrogen and oxygen atoms in total. The Morgan fingerprint density at radius 3 is 2.58 bits per heavy atom. The number of fused-ring (bicyclic) bond motifs is 1. The highest BCUT2D eigenvalue weighted by Gasteiger charge is 2.42. The van der Waals surface area contributed by atoms with Gasteiger partial charge in [0.1, 0.15) is 11.9 Å². The van der Waals surface area contributed by atoms with E-state index in [0.29, 0.717) is 16.6 Å². The number of hydrogen-bond donors (Lipinski definition) is 1. The Kier molecular flexibility index (Phi) is 4.73. The summed E-state index contributed by atoms with van der Waals surface area (Å²) in [6, 6.07) is 21.7. The molecule has 2 aliphatic rings. The number of anilines is 1. The summed E-state index contributed by atoms with van der Waals surface area (Å²) in [6.45, 7) is 0.203. The van der Waals surface area contributed by atoms with E-state index in [4.69, 9.17) is 21.7 Å². The molecule has 164 valence electrons. The summed E-state index contributed by atoms with van der Waals surface area (Å²) < 4.78 is 26.7. The zero-order chi connectivity index (χ0) is 22.4. The minimum absolute atomic E-state index is 0.196. The fourth-order valence-corrected chi connectivity index (χ4v) is 4.79. The summed E-state index contributed by atoms with van der Waals surface area (Å²) in [4.78, 5) is 6.68. The third-order valence-corrected chi connectivity index (χ3v) is 6.24. The Hall–Kier alpha value is -3.91. The molecule has 2 aliphatic heterocycles. The topological polar surface area (TPSA) is 51.6 Å². The van der Waals surface area contributed by atoms with Gasteiger partial charge in [0.05, 0.1) is 11.7 Å². The average Bonchev–Trinajstić information content (AvgIpc) is 3.57. The zero-order valence-electron chi connectivity index (χ0n) is 17.4. The standard InChI is InChI=1S/C25H19FN4O2S/c26-16-6-8-17(9-7-16)29-13-3-5-20(29)24-23(19-4-1-2-12-27-19)28-25(33)30(24)18-10-11-21-22(14-18)32-15-31-21/h1-14,23-24H,15H2,(H,28,33)/t23-,24+/m0/s1. The summed E-state index contributed by atoms with van der Waals surface area (Å²) >= 11 is 5.81. The number of thiocarbonyl (C=S) groups is 1. The van der Waals surface area contributed by atoms with Crippen molar-refractivity contribution in [3.63, 3.8) is 0 Å². The number of ether oxygens (including phenoxy) is 2. The third-order valence-electron chi connectivity index (χ3n) is 5.92. The lowest BCUT2D eigenvalue weighted by atomic mass is 10.0. The van der Waals surface area contributed by atoms with Crippen molar-refractivity contribution in [3.05, 3.63) is 102 Å². The Labute approximate surface area is 195 Å². The molecule has 2 atom stereocenters. The van der Waals surface area contributed by atoms with Crippen LogP contribution in [-0.4, -0.2) is 21.5 Å². The normalized spacial score (nSPS) is 19.1. The molecule has 1 fully saturated rings. The van der Waals surface area contributed by atoms with Crippen LogP contribution in [0.25, 0.3) is 5.69 Å². The number of nitrogens with one attached hydrogen (secondary N) is 1. The first-order valence-corrected chi connectivity index (χ1v) is 10.9. The van der Waals surface area contributed by atoms with Crippen molar-refractivity contribution in [2.24, 2.45) is 0 Å². The van der Waals surface area contributed by atoms with Gasteiger partial charge in [0.2, 0.25) is 6.79 Å². The van der Waals surface area contributed by atoms with E-state index in [1.807, 2.05) is 48.7 Å². The van der Waals surface area contributed by atoms with Crippen molar-refractivity contribution in [1.82, 2.24) is 14.9 Å². The number of benzene rings is 2. The lowest BCUT2D eigenvalue weighted by Gasteiger charge is -2.29. The predicted molar refractivity (Wildman–Crippen MR) is 126 cm³/mol. The molecule has 8 heteroatoms. The van der Waals surface area contributed by atoms with Crippen LogP contribution in [0, 0.1) is 5.82 Å². The molecule has 0 aliphatic carbocycles. The molecule has 33 heavy (non-hydrogen) atoms. The van der Waals surface area contributed by atoms with E-state index in [1.165, 1.54) is 12.1 Å². The molecular weight excluding hydrogens is 439 g/mol. The van der Waals surface area contributed by atoms with E-state index in [2.05, 4.69) is 25.8 Å². The van der Waals surface area contributed by atoms with Crippen LogP contribution < -0.4 is 19.7 Å². The predicted octanol–water partition coefficient (Wildman–Crippen LogP) is 4.92. The second kappa shape index (κ2) is 7.90. The SMILES string of the molecule is Fc1ccc(-n2cccc2[C@@H]2[C@H](c3ccccn3)NC(=S)N2c2ccc3c(c2)OCO3)cc1. The zero-order valence-corrected chi connectivity index (χ0v) is 18.2. The van der Waals surface area contributed by atoms with Crippen molar-refractivity contribution in [2.75, 3.05) is 11.7 Å². The molecule has 0 saturated carbocycles. The fourth-order valence-electron chi connectivity index (χ4n) is 4.44. The van der Waals surface area contributed by atoms with Crippen LogP contribution in [-0.2, 0) is 0 Å². The third kappa shape index (κ3) is 3.39. The molecule has 0 bridgehead atoms. The quantitative estimate of drug-likeness (QED) is 0.438. The average molecular weight is 459 g/mol. The monoisotopic (exact) mass is 458 g/mol. The molecule has 0 spiro atoms. The Balaban J connectivity index is 1.50. The molecule has 0 radical (unpaired) electrons. The van der Waals surface area contributed by atoms with Crippen LogP contribution in [0.2, 0.25) is 0 Å². The number of pyridine rings is 1. The first-order valence-electron chi connectivity index (χ1n) is 10.5. The van der Waals surface area contributed by atoms with Crippen molar-refractivity contribution in [1.29, 1.82) is 0 Å². The Bertz CT molecular complexity index is 1330. The lowest BCUT2D eigenvalue weighted by molar-refractivity contribution is 0.174. The first kappa shape index (κ1) is 19.8. The molecule has 2 aromatic heterocycles. The number of nitrogens with zero attached hydrogens (tertiary/aromatic N) is 3. The van der Waals surface area contributed by atoms with Gasteiger partial charge in [-0.15, -0.1) is 0 Å². The number of halogens is 1. The largest absolute Gasteiger partial charge is 0.454 e. The maximum Gasteiger partial charge on any atom is 0.231 e. The summed E-state index contributed by atoms with van der Waals surface area (Å²) in [7, 11) is 0. The van der Waals surface area contributed by atoms with E-state index in [1.54, 1.807) is 18.3 Å². The minimum Gasteiger partial charge on any atom is -0.454 e. The number of aromatic nitrogens is 2. The van der Waals surface area contributed by atoms with Crippen LogP contribution in [0.3, 0.4) is 0 Å². The summed E-state index contributed by atoms with van der Waals surface area (Å²) in [5, 5.41) is 4.05. The van der Waals surface area contributed by atoms with E-state index < -0.39 is 0 Å². The van der Waals surface area contributed by atoms with Crippen LogP contribution >= 0.6 is 12.2 Å². The molecule has 1 N–H and O–H groups in total. The molecule has 4 heterocycles. The summed E-state index contributed by atoms with van der Waals surface area (Å²) in [5.41, 5.74) is 3.61. The van der Waals surface area contributed by atoms with Gasteiger partial charge in [0.25, 0.3) is 0 Å². The van der Waals surface area contributed by atoms with Gasteiger partial charge in [-0.1, -0.05) is 6.07 Å². The molecule has 1 saturated heterocycles. The van der Waals surface area contributed by atoms with Gasteiger partial charge < -0.3 is 24.3 Å². The van der Waals surface area contributed by atoms with Crippen LogP contribution in [0.1, 0.15) is 23.5 Å². The maximum atomic E-state index is 13.6. The van der Waals surface area contributed by atoms with Crippen molar-refractivity contribution in [3.8, 4) is 17.2 Å². The van der Waals surface area contributed by atoms with E-state index >= 15 is 0 Å². The lowest BCUT2D eigenvalue weighted by Crippen LogP contribution is -2.30. The smallest absolute Gasteiger partial charge is 0.231 e. The van der Waals surface area contributed by atoms with Gasteiger partial charge >= 0.3 is 0 Å². The Morgan fingerprint density at radius 1 is 0.939 bits per heavy atom. The molecule has 6 rings (SSSR count). The number of rotatable bonds is 4. The molecule has 0 unspecified atom stereocenters. The van der Waals surface area contributed by atoms with Crippen LogP contribution in [0.15, 0.2) is 85.2 Å². The van der Waals surface area contributed by atoms with Gasteiger partial charge in [-0.05, 0) is 72.9 Å². The minimum atomic E-state index is -0.274. The van der Waals surface area contributed by atoms with Crippen molar-refractivity contribution < 1.29 is 13.9 Å². The van der Waals surface area contributed by atoms with Crippen molar-refractivity contribution >= 4 is 23.0 Å². The van der Waals surface area contributed by atoms with Crippen LogP contribution in [0.5, 0.6) is 11.5 Å². The van der Waals surface area contributed by atoms with Crippen molar-refractivity contribution in [2.45, 2.75) is 12.1 Å². The molecule has 2 aromatic carbocycles. The maximum absolute atomic E-state index is 13.6. The Morgan fingerprint density at radius 2 is 1.76 bits per heavy atom. The van der Waals surface area contributed by atoms with Crippen LogP contribution in [0.4, 0.5) is 10.1 Å². The summed E-state index contributed by atoms with van der Waals surface area (Å²) in [6.07, 6.45) is 3.75. The highest BCUT2D eigenvalue weighted by molar-refractivity contribution is 7.80. The van der Waals surface area contributed by atoms with E-state index in [-0.39, 0.29) is 24.7 Å². The number of hydrogen-bond acceptors (Lipinski definition) is 4.